The van der Waals surface area contributed by atoms with Crippen LogP contribution in [-0.2, 0) is 6.42 Å². The first kappa shape index (κ1) is 28.7. The van der Waals surface area contributed by atoms with Crippen molar-refractivity contribution >= 4 is 18.4 Å². The molecule has 0 unspecified atom stereocenters. The lowest BCUT2D eigenvalue weighted by atomic mass is 9.97. The predicted octanol–water partition coefficient (Wildman–Crippen LogP) is 5.41. The Balaban J connectivity index is 0.00000380. The molecule has 0 aliphatic heterocycles. The number of aliphatic hydroxyl groups is 2. The quantitative estimate of drug-likeness (QED) is 0.267. The number of carboxylic acid groups (broad SMARTS) is 1. The van der Waals surface area contributed by atoms with Gasteiger partial charge in [-0.2, -0.15) is 0 Å². The molecule has 4 N–H and O–H groups in total. The van der Waals surface area contributed by atoms with Gasteiger partial charge in [0.15, 0.2) is 0 Å². The molecule has 3 aromatic rings. The molecule has 0 amide bonds. The molecule has 0 spiro atoms. The highest BCUT2D eigenvalue weighted by molar-refractivity contribution is 5.92. The number of nitrogens with one attached hydrogen (secondary N) is 1. The zero-order chi connectivity index (χ0) is 25.3. The molecule has 7 heteroatoms. The molecule has 0 aromatic heterocycles. The third-order valence-corrected chi connectivity index (χ3v) is 6.83. The van der Waals surface area contributed by atoms with Crippen molar-refractivity contribution in [3.05, 3.63) is 89.5 Å². The topological polar surface area (TPSA) is 99.0 Å². The van der Waals surface area contributed by atoms with E-state index < -0.39 is 12.1 Å². The Labute approximate surface area is 224 Å². The maximum Gasteiger partial charge on any atom is 0.339 e. The first-order valence-corrected chi connectivity index (χ1v) is 12.7. The van der Waals surface area contributed by atoms with Gasteiger partial charge < -0.3 is 25.4 Å². The molecule has 1 fully saturated rings. The summed E-state index contributed by atoms with van der Waals surface area (Å²) >= 11 is 0. The first-order chi connectivity index (χ1) is 17.5. The van der Waals surface area contributed by atoms with Gasteiger partial charge in [0, 0.05) is 12.6 Å². The van der Waals surface area contributed by atoms with E-state index in [0.29, 0.717) is 18.7 Å². The van der Waals surface area contributed by atoms with Gasteiger partial charge in [-0.1, -0.05) is 67.1 Å². The van der Waals surface area contributed by atoms with Gasteiger partial charge in [-0.25, -0.2) is 4.79 Å². The van der Waals surface area contributed by atoms with Crippen LogP contribution in [0.3, 0.4) is 0 Å². The molecule has 0 bridgehead atoms. The highest BCUT2D eigenvalue weighted by Crippen LogP contribution is 2.31. The molecular formula is C30H36ClNO5. The number of carbonyl (C=O) groups is 1. The van der Waals surface area contributed by atoms with Crippen molar-refractivity contribution in [2.24, 2.45) is 0 Å². The van der Waals surface area contributed by atoms with Crippen molar-refractivity contribution in [2.45, 2.75) is 56.8 Å². The van der Waals surface area contributed by atoms with Crippen LogP contribution in [0, 0.1) is 0 Å². The van der Waals surface area contributed by atoms with E-state index in [0.717, 1.165) is 47.9 Å². The van der Waals surface area contributed by atoms with E-state index in [1.807, 2.05) is 66.7 Å². The van der Waals surface area contributed by atoms with E-state index in [1.54, 1.807) is 6.07 Å². The number of carboxylic acids is 1. The van der Waals surface area contributed by atoms with Gasteiger partial charge in [-0.15, -0.1) is 12.4 Å². The molecule has 4 rings (SSSR count). The summed E-state index contributed by atoms with van der Waals surface area (Å²) in [7, 11) is 0. The average Bonchev–Trinajstić information content (AvgIpc) is 2.92. The van der Waals surface area contributed by atoms with Gasteiger partial charge in [0.1, 0.15) is 11.3 Å². The maximum atomic E-state index is 11.7. The van der Waals surface area contributed by atoms with Crippen LogP contribution >= 0.6 is 12.4 Å². The number of halogens is 1. The highest BCUT2D eigenvalue weighted by atomic mass is 35.5. The van der Waals surface area contributed by atoms with Crippen molar-refractivity contribution in [3.63, 3.8) is 0 Å². The Morgan fingerprint density at radius 3 is 2.27 bits per heavy atom. The average molecular weight is 526 g/mol. The number of hydrogen-bond donors (Lipinski definition) is 4. The minimum Gasteiger partial charge on any atom is -0.490 e. The summed E-state index contributed by atoms with van der Waals surface area (Å²) in [5.74, 6) is -0.555. The van der Waals surface area contributed by atoms with E-state index in [2.05, 4.69) is 5.32 Å². The summed E-state index contributed by atoms with van der Waals surface area (Å²) in [6.07, 6.45) is 5.40. The van der Waals surface area contributed by atoms with Crippen LogP contribution in [0.15, 0.2) is 72.8 Å². The molecule has 3 aromatic carbocycles. The molecule has 1 aliphatic carbocycles. The minimum atomic E-state index is -0.984. The normalized spacial score (nSPS) is 15.4. The number of ether oxygens (including phenoxy) is 1. The summed E-state index contributed by atoms with van der Waals surface area (Å²) in [5, 5.41) is 33.1. The minimum absolute atomic E-state index is 0. The van der Waals surface area contributed by atoms with Gasteiger partial charge in [0.2, 0.25) is 0 Å². The van der Waals surface area contributed by atoms with Crippen LogP contribution in [0.5, 0.6) is 5.75 Å². The lowest BCUT2D eigenvalue weighted by Crippen LogP contribution is -2.37. The Bertz CT molecular complexity index is 1120. The molecule has 198 valence electrons. The molecule has 6 nitrogen and oxygen atoms in total. The number of aliphatic hydroxyl groups excluding tert-OH is 2. The van der Waals surface area contributed by atoms with Crippen LogP contribution in [-0.4, -0.2) is 46.6 Å². The SMILES string of the molecule is Cl.O=C(O)c1ccc(-c2ccc(C[C@@H](CO)NC[C@H](O)c3ccccc3)cc2)cc1OC1CCCCC1. The van der Waals surface area contributed by atoms with Crippen molar-refractivity contribution in [1.29, 1.82) is 0 Å². The summed E-state index contributed by atoms with van der Waals surface area (Å²) < 4.78 is 6.14. The third-order valence-electron chi connectivity index (χ3n) is 6.83. The van der Waals surface area contributed by atoms with E-state index in [4.69, 9.17) is 4.74 Å². The monoisotopic (exact) mass is 525 g/mol. The van der Waals surface area contributed by atoms with Crippen LogP contribution in [0.4, 0.5) is 0 Å². The van der Waals surface area contributed by atoms with Crippen LogP contribution in [0.25, 0.3) is 11.1 Å². The second-order valence-corrected chi connectivity index (χ2v) is 9.51. The van der Waals surface area contributed by atoms with Gasteiger partial charge in [0.25, 0.3) is 0 Å². The standard InChI is InChI=1S/C30H35NO5.ClH/c32-20-25(31-19-28(33)23-7-3-1-4-8-23)17-21-11-13-22(14-12-21)24-15-16-27(30(34)35)29(18-24)36-26-9-5-2-6-10-26;/h1,3-4,7-8,11-16,18,25-26,28,31-33H,2,5-6,9-10,17,19-20H2,(H,34,35);1H/t25-,28-;/m0./s1. The zero-order valence-corrected chi connectivity index (χ0v) is 21.7. The second-order valence-electron chi connectivity index (χ2n) is 9.51. The third kappa shape index (κ3) is 8.04. The maximum absolute atomic E-state index is 11.7. The zero-order valence-electron chi connectivity index (χ0n) is 20.9. The number of aromatic carboxylic acids is 1. The van der Waals surface area contributed by atoms with Crippen molar-refractivity contribution in [1.82, 2.24) is 5.32 Å². The summed E-state index contributed by atoms with van der Waals surface area (Å²) in [4.78, 5) is 11.7. The van der Waals surface area contributed by atoms with Gasteiger partial charge in [0.05, 0.1) is 18.8 Å². The van der Waals surface area contributed by atoms with Gasteiger partial charge >= 0.3 is 5.97 Å². The fourth-order valence-electron chi connectivity index (χ4n) is 4.73. The predicted molar refractivity (Wildman–Crippen MR) is 148 cm³/mol. The molecule has 2 atom stereocenters. The highest BCUT2D eigenvalue weighted by Gasteiger charge is 2.20. The van der Waals surface area contributed by atoms with E-state index in [1.165, 1.54) is 6.42 Å². The lowest BCUT2D eigenvalue weighted by molar-refractivity contribution is 0.0686. The van der Waals surface area contributed by atoms with E-state index in [9.17, 15) is 20.1 Å². The van der Waals surface area contributed by atoms with Crippen molar-refractivity contribution in [3.8, 4) is 16.9 Å². The summed E-state index contributed by atoms with van der Waals surface area (Å²) in [5.41, 5.74) is 3.96. The van der Waals surface area contributed by atoms with Crippen molar-refractivity contribution < 1.29 is 24.9 Å². The Hall–Kier alpha value is -2.90. The van der Waals surface area contributed by atoms with Crippen molar-refractivity contribution in [2.75, 3.05) is 13.2 Å². The van der Waals surface area contributed by atoms with Gasteiger partial charge in [-0.05, 0) is 66.5 Å². The molecule has 1 saturated carbocycles. The molecule has 0 saturated heterocycles. The fraction of sp³-hybridized carbons (Fsp3) is 0.367. The van der Waals surface area contributed by atoms with Crippen LogP contribution in [0.2, 0.25) is 0 Å². The summed E-state index contributed by atoms with van der Waals surface area (Å²) in [6.45, 7) is 0.314. The number of hydrogen-bond acceptors (Lipinski definition) is 5. The molecule has 0 heterocycles. The smallest absolute Gasteiger partial charge is 0.339 e. The van der Waals surface area contributed by atoms with Crippen LogP contribution < -0.4 is 10.1 Å². The Morgan fingerprint density at radius 2 is 1.62 bits per heavy atom. The molecular weight excluding hydrogens is 490 g/mol. The Morgan fingerprint density at radius 1 is 0.946 bits per heavy atom. The second kappa shape index (κ2) is 14.1. The number of rotatable bonds is 11. The van der Waals surface area contributed by atoms with E-state index >= 15 is 0 Å². The molecule has 1 aliphatic rings. The van der Waals surface area contributed by atoms with Gasteiger partial charge in [-0.3, -0.25) is 0 Å². The number of benzene rings is 3. The Kier molecular flexibility index (Phi) is 11.0. The lowest BCUT2D eigenvalue weighted by Gasteiger charge is -2.24. The van der Waals surface area contributed by atoms with Crippen LogP contribution in [0.1, 0.15) is 59.7 Å². The largest absolute Gasteiger partial charge is 0.490 e. The van der Waals surface area contributed by atoms with E-state index in [-0.39, 0.29) is 36.7 Å². The summed E-state index contributed by atoms with van der Waals surface area (Å²) in [6, 6.07) is 22.6. The molecule has 0 radical (unpaired) electrons. The molecule has 37 heavy (non-hydrogen) atoms. The first-order valence-electron chi connectivity index (χ1n) is 12.7. The fourth-order valence-corrected chi connectivity index (χ4v) is 4.73.